The third kappa shape index (κ3) is 6.43. The molecule has 3 aliphatic rings. The highest BCUT2D eigenvalue weighted by atomic mass is 16.6. The molecule has 3 nitrogen and oxygen atoms in total. The molecule has 0 bridgehead atoms. The highest BCUT2D eigenvalue weighted by Gasteiger charge is 2.39. The van der Waals surface area contributed by atoms with Crippen molar-refractivity contribution < 1.29 is 14.2 Å². The van der Waals surface area contributed by atoms with Gasteiger partial charge in [0.15, 0.2) is 0 Å². The predicted octanol–water partition coefficient (Wildman–Crippen LogP) is 6.78. The Hall–Kier alpha value is -0.120. The van der Waals surface area contributed by atoms with E-state index in [1.54, 1.807) is 0 Å². The third-order valence-corrected chi connectivity index (χ3v) is 8.21. The molecule has 0 N–H and O–H groups in total. The molecule has 0 amide bonds. The van der Waals surface area contributed by atoms with E-state index in [9.17, 15) is 0 Å². The van der Waals surface area contributed by atoms with Crippen LogP contribution in [0.15, 0.2) is 0 Å². The minimum Gasteiger partial charge on any atom is -0.376 e. The van der Waals surface area contributed by atoms with Crippen molar-refractivity contribution in [1.29, 1.82) is 0 Å². The molecule has 0 spiro atoms. The number of rotatable bonds is 8. The first-order valence-corrected chi connectivity index (χ1v) is 13.0. The van der Waals surface area contributed by atoms with Gasteiger partial charge in [0.05, 0.1) is 30.5 Å². The standard InChI is InChI=1S/C26H48O3/c1-6-20-11-14-23(28-22-13-10-19(5)16-25(22)27-8-3)26(17-20)29-24-15-18(4)9-12-21(24)7-2/h18-26H,6-17H2,1-5H3. The molecule has 0 aromatic heterocycles. The van der Waals surface area contributed by atoms with Crippen LogP contribution in [0.25, 0.3) is 0 Å². The maximum atomic E-state index is 6.94. The summed E-state index contributed by atoms with van der Waals surface area (Å²) in [7, 11) is 0. The fourth-order valence-electron chi connectivity index (χ4n) is 6.17. The highest BCUT2D eigenvalue weighted by Crippen LogP contribution is 2.39. The molecule has 0 aromatic carbocycles. The number of hydrogen-bond acceptors (Lipinski definition) is 3. The van der Waals surface area contributed by atoms with Gasteiger partial charge in [0.25, 0.3) is 0 Å². The van der Waals surface area contributed by atoms with Gasteiger partial charge in [0.1, 0.15) is 0 Å². The SMILES string of the molecule is CCOC1CC(C)CCC1OC1CCC(CC)CC1OC1CC(C)CCC1CC. The molecule has 0 radical (unpaired) electrons. The molecule has 3 rings (SSSR count). The van der Waals surface area contributed by atoms with Crippen LogP contribution in [-0.2, 0) is 14.2 Å². The van der Waals surface area contributed by atoms with E-state index < -0.39 is 0 Å². The highest BCUT2D eigenvalue weighted by molar-refractivity contribution is 4.88. The predicted molar refractivity (Wildman–Crippen MR) is 120 cm³/mol. The minimum atomic E-state index is 0.257. The van der Waals surface area contributed by atoms with Crippen molar-refractivity contribution in [2.75, 3.05) is 6.61 Å². The molecular formula is C26H48O3. The van der Waals surface area contributed by atoms with Gasteiger partial charge in [-0.1, -0.05) is 47.0 Å². The monoisotopic (exact) mass is 408 g/mol. The van der Waals surface area contributed by atoms with Crippen LogP contribution in [0.3, 0.4) is 0 Å². The first-order valence-electron chi connectivity index (χ1n) is 13.0. The molecular weight excluding hydrogens is 360 g/mol. The Kier molecular flexibility index (Phi) is 9.32. The molecule has 0 aromatic rings. The van der Waals surface area contributed by atoms with Crippen molar-refractivity contribution in [2.24, 2.45) is 23.7 Å². The Balaban J connectivity index is 1.66. The maximum Gasteiger partial charge on any atom is 0.0843 e. The van der Waals surface area contributed by atoms with Crippen LogP contribution in [0.1, 0.15) is 105 Å². The lowest BCUT2D eigenvalue weighted by atomic mass is 9.78. The van der Waals surface area contributed by atoms with Crippen molar-refractivity contribution in [3.63, 3.8) is 0 Å². The smallest absolute Gasteiger partial charge is 0.0843 e. The summed E-state index contributed by atoms with van der Waals surface area (Å²) >= 11 is 0. The van der Waals surface area contributed by atoms with Gasteiger partial charge >= 0.3 is 0 Å². The molecule has 9 atom stereocenters. The van der Waals surface area contributed by atoms with Crippen LogP contribution in [0.5, 0.6) is 0 Å². The summed E-state index contributed by atoms with van der Waals surface area (Å²) in [4.78, 5) is 0. The van der Waals surface area contributed by atoms with Crippen molar-refractivity contribution in [3.05, 3.63) is 0 Å². The van der Waals surface area contributed by atoms with Crippen LogP contribution < -0.4 is 0 Å². The molecule has 3 saturated carbocycles. The molecule has 9 unspecified atom stereocenters. The molecule has 3 aliphatic carbocycles. The van der Waals surface area contributed by atoms with E-state index in [-0.39, 0.29) is 24.4 Å². The van der Waals surface area contributed by atoms with Gasteiger partial charge in [-0.2, -0.15) is 0 Å². The quantitative estimate of drug-likeness (QED) is 0.443. The minimum absolute atomic E-state index is 0.257. The number of ether oxygens (including phenoxy) is 3. The Morgan fingerprint density at radius 2 is 1.21 bits per heavy atom. The molecule has 3 fully saturated rings. The van der Waals surface area contributed by atoms with Crippen LogP contribution in [-0.4, -0.2) is 37.1 Å². The van der Waals surface area contributed by atoms with Crippen LogP contribution >= 0.6 is 0 Å². The van der Waals surface area contributed by atoms with E-state index in [2.05, 4.69) is 34.6 Å². The summed E-state index contributed by atoms with van der Waals surface area (Å²) in [6.07, 6.45) is 15.2. The van der Waals surface area contributed by atoms with Crippen molar-refractivity contribution in [3.8, 4) is 0 Å². The molecule has 3 heteroatoms. The second-order valence-electron chi connectivity index (χ2n) is 10.5. The van der Waals surface area contributed by atoms with Crippen LogP contribution in [0.2, 0.25) is 0 Å². The zero-order chi connectivity index (χ0) is 20.8. The van der Waals surface area contributed by atoms with E-state index in [1.807, 2.05) is 0 Å². The van der Waals surface area contributed by atoms with Gasteiger partial charge in [-0.05, 0) is 82.0 Å². The zero-order valence-corrected chi connectivity index (χ0v) is 19.9. The van der Waals surface area contributed by atoms with Crippen LogP contribution in [0.4, 0.5) is 0 Å². The summed E-state index contributed by atoms with van der Waals surface area (Å²) in [6, 6.07) is 0. The fraction of sp³-hybridized carbons (Fsp3) is 1.00. The first kappa shape index (κ1) is 23.5. The van der Waals surface area contributed by atoms with Gasteiger partial charge in [-0.3, -0.25) is 0 Å². The second kappa shape index (κ2) is 11.5. The van der Waals surface area contributed by atoms with Gasteiger partial charge in [0, 0.05) is 6.61 Å². The Labute approximate surface area is 180 Å². The van der Waals surface area contributed by atoms with Crippen molar-refractivity contribution >= 4 is 0 Å². The lowest BCUT2D eigenvalue weighted by Crippen LogP contribution is -2.47. The molecule has 0 heterocycles. The Morgan fingerprint density at radius 1 is 0.586 bits per heavy atom. The molecule has 0 aliphatic heterocycles. The van der Waals surface area contributed by atoms with Gasteiger partial charge in [-0.25, -0.2) is 0 Å². The first-order chi connectivity index (χ1) is 14.0. The summed E-state index contributed by atoms with van der Waals surface area (Å²) in [5.41, 5.74) is 0. The van der Waals surface area contributed by atoms with Gasteiger partial charge in [-0.15, -0.1) is 0 Å². The molecule has 0 saturated heterocycles. The van der Waals surface area contributed by atoms with Gasteiger partial charge in [0.2, 0.25) is 0 Å². The molecule has 29 heavy (non-hydrogen) atoms. The second-order valence-corrected chi connectivity index (χ2v) is 10.5. The average molecular weight is 409 g/mol. The molecule has 170 valence electrons. The number of hydrogen-bond donors (Lipinski definition) is 0. The lowest BCUT2D eigenvalue weighted by Gasteiger charge is -2.44. The largest absolute Gasteiger partial charge is 0.376 e. The van der Waals surface area contributed by atoms with E-state index >= 15 is 0 Å². The average Bonchev–Trinajstić information content (AvgIpc) is 2.71. The van der Waals surface area contributed by atoms with E-state index in [0.717, 1.165) is 49.5 Å². The van der Waals surface area contributed by atoms with E-state index in [0.29, 0.717) is 6.10 Å². The summed E-state index contributed by atoms with van der Waals surface area (Å²) in [6.45, 7) is 12.4. The van der Waals surface area contributed by atoms with Gasteiger partial charge < -0.3 is 14.2 Å². The topological polar surface area (TPSA) is 27.7 Å². The summed E-state index contributed by atoms with van der Waals surface area (Å²) in [5.74, 6) is 3.09. The van der Waals surface area contributed by atoms with Crippen molar-refractivity contribution in [1.82, 2.24) is 0 Å². The van der Waals surface area contributed by atoms with Crippen LogP contribution in [0, 0.1) is 23.7 Å². The van der Waals surface area contributed by atoms with Crippen molar-refractivity contribution in [2.45, 2.75) is 136 Å². The summed E-state index contributed by atoms with van der Waals surface area (Å²) in [5, 5.41) is 0. The summed E-state index contributed by atoms with van der Waals surface area (Å²) < 4.78 is 19.9. The van der Waals surface area contributed by atoms with E-state index in [4.69, 9.17) is 14.2 Å². The maximum absolute atomic E-state index is 6.94. The fourth-order valence-corrected chi connectivity index (χ4v) is 6.17. The normalized spacial score (nSPS) is 44.0. The third-order valence-electron chi connectivity index (χ3n) is 8.21. The Bertz CT molecular complexity index is 467. The Morgan fingerprint density at radius 3 is 1.90 bits per heavy atom. The lowest BCUT2D eigenvalue weighted by molar-refractivity contribution is -0.191. The zero-order valence-electron chi connectivity index (χ0n) is 19.9. The van der Waals surface area contributed by atoms with E-state index in [1.165, 1.54) is 51.4 Å².